The fourth-order valence-electron chi connectivity index (χ4n) is 2.81. The quantitative estimate of drug-likeness (QED) is 0.638. The molecule has 144 valence electrons. The Hall–Kier alpha value is -3.20. The number of nitrogens with zero attached hydrogens (tertiary/aromatic N) is 3. The highest BCUT2D eigenvalue weighted by molar-refractivity contribution is 7.98. The monoisotopic (exact) mass is 397 g/mol. The number of hydrogen-bond acceptors (Lipinski definition) is 7. The van der Waals surface area contributed by atoms with Crippen molar-refractivity contribution >= 4 is 29.2 Å². The third-order valence-electron chi connectivity index (χ3n) is 4.28. The highest BCUT2D eigenvalue weighted by Gasteiger charge is 2.19. The summed E-state index contributed by atoms with van der Waals surface area (Å²) in [6, 6.07) is 13.3. The van der Waals surface area contributed by atoms with Crippen molar-refractivity contribution in [2.75, 3.05) is 30.5 Å². The minimum absolute atomic E-state index is 0.0793. The molecule has 0 unspecified atom stereocenters. The summed E-state index contributed by atoms with van der Waals surface area (Å²) in [5, 5.41) is 10.7. The summed E-state index contributed by atoms with van der Waals surface area (Å²) >= 11 is 1.68. The number of benzene rings is 2. The van der Waals surface area contributed by atoms with E-state index in [1.165, 1.54) is 9.58 Å². The molecule has 0 saturated carbocycles. The molecule has 0 bridgehead atoms. The van der Waals surface area contributed by atoms with E-state index in [1.54, 1.807) is 30.0 Å². The van der Waals surface area contributed by atoms with Crippen molar-refractivity contribution in [1.29, 1.82) is 0 Å². The minimum atomic E-state index is -0.432. The number of nitrogens with two attached hydrogens (primary N) is 1. The van der Waals surface area contributed by atoms with Gasteiger partial charge < -0.3 is 20.5 Å². The number of anilines is 2. The molecule has 0 atom stereocenters. The van der Waals surface area contributed by atoms with Crippen LogP contribution in [0.25, 0.3) is 0 Å². The molecule has 2 heterocycles. The lowest BCUT2D eigenvalue weighted by atomic mass is 10.2. The fourth-order valence-corrected chi connectivity index (χ4v) is 3.22. The van der Waals surface area contributed by atoms with Crippen LogP contribution in [0, 0.1) is 0 Å². The molecule has 3 aromatic rings. The maximum Gasteiger partial charge on any atom is 0.280 e. The Bertz CT molecular complexity index is 1000. The molecule has 28 heavy (non-hydrogen) atoms. The van der Waals surface area contributed by atoms with Gasteiger partial charge in [0, 0.05) is 16.6 Å². The van der Waals surface area contributed by atoms with Crippen LogP contribution in [0.3, 0.4) is 0 Å². The number of carbonyl (C=O) groups is 1. The number of nitrogens with one attached hydrogen (secondary N) is 1. The second kappa shape index (κ2) is 7.81. The molecule has 2 aromatic carbocycles. The van der Waals surface area contributed by atoms with Crippen LogP contribution in [0.5, 0.6) is 11.5 Å². The molecular formula is C19H19N5O3S. The van der Waals surface area contributed by atoms with Crippen molar-refractivity contribution < 1.29 is 14.3 Å². The summed E-state index contributed by atoms with van der Waals surface area (Å²) in [5.74, 6) is 1.03. The predicted molar refractivity (Wildman–Crippen MR) is 107 cm³/mol. The molecule has 0 fully saturated rings. The topological polar surface area (TPSA) is 104 Å². The molecule has 9 heteroatoms. The number of carbonyl (C=O) groups excluding carboxylic acids is 1. The number of hydrogen-bond donors (Lipinski definition) is 2. The summed E-state index contributed by atoms with van der Waals surface area (Å²) in [7, 11) is 0. The highest BCUT2D eigenvalue weighted by Crippen LogP contribution is 2.32. The third kappa shape index (κ3) is 3.74. The summed E-state index contributed by atoms with van der Waals surface area (Å²) in [5.41, 5.74) is 7.77. The van der Waals surface area contributed by atoms with E-state index >= 15 is 0 Å². The van der Waals surface area contributed by atoms with Crippen molar-refractivity contribution in [3.05, 3.63) is 53.7 Å². The van der Waals surface area contributed by atoms with Gasteiger partial charge in [0.2, 0.25) is 0 Å². The van der Waals surface area contributed by atoms with Crippen molar-refractivity contribution in [1.82, 2.24) is 15.0 Å². The van der Waals surface area contributed by atoms with Crippen molar-refractivity contribution in [2.24, 2.45) is 0 Å². The summed E-state index contributed by atoms with van der Waals surface area (Å²) in [6.45, 7) is 1.42. The van der Waals surface area contributed by atoms with Crippen molar-refractivity contribution in [3.63, 3.8) is 0 Å². The number of thioether (sulfide) groups is 1. The van der Waals surface area contributed by atoms with Crippen LogP contribution in [-0.2, 0) is 6.54 Å². The van der Waals surface area contributed by atoms with E-state index in [9.17, 15) is 4.79 Å². The van der Waals surface area contributed by atoms with Gasteiger partial charge in [-0.3, -0.25) is 4.79 Å². The SMILES string of the molecule is CSc1ccc(Cn2nnc(C(=O)Nc3ccc4c(c3)OCCO4)c2N)cc1. The molecule has 0 spiro atoms. The standard InChI is InChI=1S/C19H19N5O3S/c1-28-14-5-2-12(3-6-14)11-24-18(20)17(22-23-24)19(25)21-13-4-7-15-16(10-13)27-9-8-26-15/h2-7,10H,8-9,11,20H2,1H3,(H,21,25). The first-order valence-electron chi connectivity index (χ1n) is 8.67. The number of ether oxygens (including phenoxy) is 2. The normalized spacial score (nSPS) is 12.6. The van der Waals surface area contributed by atoms with Gasteiger partial charge >= 0.3 is 0 Å². The molecule has 0 aliphatic carbocycles. The fraction of sp³-hybridized carbons (Fsp3) is 0.211. The number of rotatable bonds is 5. The molecule has 1 aromatic heterocycles. The lowest BCUT2D eigenvalue weighted by molar-refractivity contribution is 0.102. The molecule has 1 aliphatic rings. The largest absolute Gasteiger partial charge is 0.486 e. The van der Waals surface area contributed by atoms with E-state index < -0.39 is 5.91 Å². The van der Waals surface area contributed by atoms with Crippen LogP contribution in [0.4, 0.5) is 11.5 Å². The molecule has 1 amide bonds. The van der Waals surface area contributed by atoms with Crippen molar-refractivity contribution in [3.8, 4) is 11.5 Å². The van der Waals surface area contributed by atoms with Gasteiger partial charge in [0.1, 0.15) is 13.2 Å². The lowest BCUT2D eigenvalue weighted by Crippen LogP contribution is -2.17. The molecular weight excluding hydrogens is 378 g/mol. The van der Waals surface area contributed by atoms with Gasteiger partial charge in [-0.25, -0.2) is 4.68 Å². The van der Waals surface area contributed by atoms with Gasteiger partial charge in [0.25, 0.3) is 5.91 Å². The average Bonchev–Trinajstić information content (AvgIpc) is 3.09. The molecule has 0 saturated heterocycles. The highest BCUT2D eigenvalue weighted by atomic mass is 32.2. The first-order valence-corrected chi connectivity index (χ1v) is 9.89. The Kier molecular flexibility index (Phi) is 5.07. The van der Waals surface area contributed by atoms with Crippen LogP contribution < -0.4 is 20.5 Å². The Balaban J connectivity index is 1.47. The van der Waals surface area contributed by atoms with Gasteiger partial charge in [0.15, 0.2) is 23.0 Å². The number of amides is 1. The van der Waals surface area contributed by atoms with Gasteiger partial charge in [-0.15, -0.1) is 16.9 Å². The van der Waals surface area contributed by atoms with Crippen LogP contribution >= 0.6 is 11.8 Å². The number of nitrogen functional groups attached to an aromatic ring is 1. The van der Waals surface area contributed by atoms with E-state index in [2.05, 4.69) is 15.6 Å². The van der Waals surface area contributed by atoms with Gasteiger partial charge in [0.05, 0.1) is 6.54 Å². The summed E-state index contributed by atoms with van der Waals surface area (Å²) in [4.78, 5) is 13.7. The van der Waals surface area contributed by atoms with Crippen LogP contribution in [0.2, 0.25) is 0 Å². The van der Waals surface area contributed by atoms with Crippen LogP contribution in [-0.4, -0.2) is 40.4 Å². The smallest absolute Gasteiger partial charge is 0.280 e. The Morgan fingerprint density at radius 1 is 1.18 bits per heavy atom. The van der Waals surface area contributed by atoms with Gasteiger partial charge in [-0.05, 0) is 36.1 Å². The molecule has 0 radical (unpaired) electrons. The Labute approximate surface area is 166 Å². The van der Waals surface area contributed by atoms with E-state index in [1.807, 2.05) is 30.5 Å². The van der Waals surface area contributed by atoms with Crippen LogP contribution in [0.1, 0.15) is 16.1 Å². The third-order valence-corrected chi connectivity index (χ3v) is 5.02. The zero-order chi connectivity index (χ0) is 19.5. The number of aromatic nitrogens is 3. The molecule has 1 aliphatic heterocycles. The van der Waals surface area contributed by atoms with E-state index in [0.717, 1.165) is 5.56 Å². The second-order valence-electron chi connectivity index (χ2n) is 6.14. The van der Waals surface area contributed by atoms with E-state index in [4.69, 9.17) is 15.2 Å². The van der Waals surface area contributed by atoms with Crippen LogP contribution in [0.15, 0.2) is 47.4 Å². The minimum Gasteiger partial charge on any atom is -0.486 e. The maximum atomic E-state index is 12.6. The predicted octanol–water partition coefficient (Wildman–Crippen LogP) is 2.65. The Morgan fingerprint density at radius 2 is 1.93 bits per heavy atom. The average molecular weight is 397 g/mol. The molecule has 8 nitrogen and oxygen atoms in total. The summed E-state index contributed by atoms with van der Waals surface area (Å²) < 4.78 is 12.5. The van der Waals surface area contributed by atoms with Crippen molar-refractivity contribution in [2.45, 2.75) is 11.4 Å². The second-order valence-corrected chi connectivity index (χ2v) is 7.02. The van der Waals surface area contributed by atoms with E-state index in [-0.39, 0.29) is 11.5 Å². The van der Waals surface area contributed by atoms with Gasteiger partial charge in [-0.2, -0.15) is 0 Å². The first kappa shape index (κ1) is 18.2. The molecule has 3 N–H and O–H groups in total. The lowest BCUT2D eigenvalue weighted by Gasteiger charge is -2.18. The Morgan fingerprint density at radius 3 is 2.68 bits per heavy atom. The van der Waals surface area contributed by atoms with Gasteiger partial charge in [-0.1, -0.05) is 17.3 Å². The summed E-state index contributed by atoms with van der Waals surface area (Å²) in [6.07, 6.45) is 2.02. The van der Waals surface area contributed by atoms with E-state index in [0.29, 0.717) is 36.9 Å². The number of fused-ring (bicyclic) bond motifs is 1. The zero-order valence-electron chi connectivity index (χ0n) is 15.2. The maximum absolute atomic E-state index is 12.6. The zero-order valence-corrected chi connectivity index (χ0v) is 16.0. The first-order chi connectivity index (χ1) is 13.6. The molecule has 4 rings (SSSR count).